The van der Waals surface area contributed by atoms with Gasteiger partial charge in [-0.1, -0.05) is 6.07 Å². The third-order valence-electron chi connectivity index (χ3n) is 4.85. The highest BCUT2D eigenvalue weighted by atomic mass is 16.5. The first-order valence-electron chi connectivity index (χ1n) is 9.99. The van der Waals surface area contributed by atoms with Gasteiger partial charge in [0.1, 0.15) is 12.2 Å². The van der Waals surface area contributed by atoms with Crippen molar-refractivity contribution in [1.82, 2.24) is 5.43 Å². The summed E-state index contributed by atoms with van der Waals surface area (Å²) in [6, 6.07) is 11.4. The molecular weight excluding hydrogens is 380 g/mol. The van der Waals surface area contributed by atoms with E-state index in [2.05, 4.69) is 34.6 Å². The van der Waals surface area contributed by atoms with Gasteiger partial charge >= 0.3 is 0 Å². The number of ether oxygens (including phenoxy) is 1. The van der Waals surface area contributed by atoms with Gasteiger partial charge in [-0.05, 0) is 63.1 Å². The molecule has 0 unspecified atom stereocenters. The number of carbonyl (C=O) groups is 2. The Morgan fingerprint density at radius 2 is 1.77 bits per heavy atom. The molecule has 0 heterocycles. The molecule has 160 valence electrons. The average molecular weight is 411 g/mol. The Balaban J connectivity index is 1.93. The summed E-state index contributed by atoms with van der Waals surface area (Å²) in [5, 5.41) is 6.67. The van der Waals surface area contributed by atoms with Crippen LogP contribution in [0.25, 0.3) is 0 Å². The van der Waals surface area contributed by atoms with Gasteiger partial charge in [0.25, 0.3) is 0 Å². The number of nitrogens with one attached hydrogen (secondary N) is 2. The lowest BCUT2D eigenvalue weighted by molar-refractivity contribution is -0.126. The Morgan fingerprint density at radius 3 is 2.40 bits per heavy atom. The highest BCUT2D eigenvalue weighted by Gasteiger charge is 2.10. The molecule has 2 rings (SSSR count). The molecule has 0 aliphatic carbocycles. The molecule has 7 heteroatoms. The zero-order chi connectivity index (χ0) is 22.1. The van der Waals surface area contributed by atoms with Crippen LogP contribution in [0.5, 0.6) is 5.75 Å². The Morgan fingerprint density at radius 1 is 1.03 bits per heavy atom. The minimum atomic E-state index is -0.494. The SMILES string of the molecule is CCN(CC)c1ccc(C=NNC(=O)CC(=O)Nc2ccc(C)c(C)c2)c(OC)c1. The Labute approximate surface area is 178 Å². The van der Waals surface area contributed by atoms with E-state index in [0.29, 0.717) is 11.4 Å². The minimum Gasteiger partial charge on any atom is -0.496 e. The molecule has 2 aromatic rings. The molecule has 7 nitrogen and oxygen atoms in total. The standard InChI is InChI=1S/C23H30N4O3/c1-6-27(7-2)20-11-9-18(21(13-20)30-5)15-24-26-23(29)14-22(28)25-19-10-8-16(3)17(4)12-19/h8-13,15H,6-7,14H2,1-5H3,(H,25,28)(H,26,29). The summed E-state index contributed by atoms with van der Waals surface area (Å²) < 4.78 is 5.44. The van der Waals surface area contributed by atoms with Crippen LogP contribution in [0.15, 0.2) is 41.5 Å². The maximum absolute atomic E-state index is 12.1. The van der Waals surface area contributed by atoms with Gasteiger partial charge in [0.15, 0.2) is 0 Å². The summed E-state index contributed by atoms with van der Waals surface area (Å²) in [5.74, 6) is -0.233. The minimum absolute atomic E-state index is 0.317. The van der Waals surface area contributed by atoms with E-state index in [1.54, 1.807) is 7.11 Å². The van der Waals surface area contributed by atoms with Crippen LogP contribution in [-0.2, 0) is 9.59 Å². The monoisotopic (exact) mass is 410 g/mol. The zero-order valence-electron chi connectivity index (χ0n) is 18.3. The predicted octanol–water partition coefficient (Wildman–Crippen LogP) is 3.64. The molecule has 0 aliphatic rings. The summed E-state index contributed by atoms with van der Waals surface area (Å²) in [4.78, 5) is 26.3. The number of anilines is 2. The lowest BCUT2D eigenvalue weighted by Crippen LogP contribution is -2.24. The van der Waals surface area contributed by atoms with Crippen molar-refractivity contribution < 1.29 is 14.3 Å². The maximum atomic E-state index is 12.1. The van der Waals surface area contributed by atoms with Crippen LogP contribution < -0.4 is 20.4 Å². The topological polar surface area (TPSA) is 83.0 Å². The summed E-state index contributed by atoms with van der Waals surface area (Å²) in [6.45, 7) is 9.95. The van der Waals surface area contributed by atoms with E-state index >= 15 is 0 Å². The number of benzene rings is 2. The summed E-state index contributed by atoms with van der Waals surface area (Å²) in [7, 11) is 1.59. The number of methoxy groups -OCH3 is 1. The fourth-order valence-corrected chi connectivity index (χ4v) is 2.98. The molecule has 0 fully saturated rings. The molecule has 0 aliphatic heterocycles. The lowest BCUT2D eigenvalue weighted by Gasteiger charge is -2.21. The van der Waals surface area contributed by atoms with Crippen molar-refractivity contribution in [2.45, 2.75) is 34.1 Å². The molecule has 0 aromatic heterocycles. The van der Waals surface area contributed by atoms with Crippen molar-refractivity contribution in [3.63, 3.8) is 0 Å². The number of amides is 2. The van der Waals surface area contributed by atoms with E-state index in [4.69, 9.17) is 4.74 Å². The van der Waals surface area contributed by atoms with Crippen LogP contribution in [0, 0.1) is 13.8 Å². The quantitative estimate of drug-likeness (QED) is 0.376. The molecule has 0 bridgehead atoms. The fourth-order valence-electron chi connectivity index (χ4n) is 2.98. The number of hydrazone groups is 1. The lowest BCUT2D eigenvalue weighted by atomic mass is 10.1. The number of aryl methyl sites for hydroxylation is 2. The van der Waals surface area contributed by atoms with Crippen LogP contribution in [0.1, 0.15) is 37.0 Å². The third kappa shape index (κ3) is 6.34. The van der Waals surface area contributed by atoms with Crippen molar-refractivity contribution in [2.75, 3.05) is 30.4 Å². The summed E-state index contributed by atoms with van der Waals surface area (Å²) in [6.07, 6.45) is 1.19. The second kappa shape index (κ2) is 11.0. The molecule has 0 saturated carbocycles. The average Bonchev–Trinajstić information content (AvgIpc) is 2.72. The second-order valence-corrected chi connectivity index (χ2v) is 6.92. The van der Waals surface area contributed by atoms with Gasteiger partial charge in [-0.3, -0.25) is 9.59 Å². The van der Waals surface area contributed by atoms with Gasteiger partial charge in [-0.25, -0.2) is 5.43 Å². The Kier molecular flexibility index (Phi) is 8.41. The first-order valence-corrected chi connectivity index (χ1v) is 9.99. The van der Waals surface area contributed by atoms with Gasteiger partial charge < -0.3 is 15.0 Å². The van der Waals surface area contributed by atoms with Gasteiger partial charge in [0.05, 0.1) is 13.3 Å². The zero-order valence-corrected chi connectivity index (χ0v) is 18.3. The van der Waals surface area contributed by atoms with Gasteiger partial charge in [0, 0.05) is 36.1 Å². The molecule has 2 amide bonds. The van der Waals surface area contributed by atoms with Crippen LogP contribution in [0.4, 0.5) is 11.4 Å². The molecule has 0 saturated heterocycles. The van der Waals surface area contributed by atoms with E-state index in [0.717, 1.165) is 35.5 Å². The van der Waals surface area contributed by atoms with E-state index in [1.165, 1.54) is 6.21 Å². The van der Waals surface area contributed by atoms with Gasteiger partial charge in [-0.15, -0.1) is 0 Å². The molecule has 2 N–H and O–H groups in total. The normalized spacial score (nSPS) is 10.7. The number of carbonyl (C=O) groups excluding carboxylic acids is 2. The van der Waals surface area contributed by atoms with Crippen LogP contribution in [-0.4, -0.2) is 38.2 Å². The smallest absolute Gasteiger partial charge is 0.249 e. The maximum Gasteiger partial charge on any atom is 0.249 e. The number of hydrogen-bond acceptors (Lipinski definition) is 5. The predicted molar refractivity (Wildman–Crippen MR) is 121 cm³/mol. The third-order valence-corrected chi connectivity index (χ3v) is 4.85. The van der Waals surface area contributed by atoms with Crippen molar-refractivity contribution in [3.05, 3.63) is 53.1 Å². The van der Waals surface area contributed by atoms with Gasteiger partial charge in [-0.2, -0.15) is 5.10 Å². The molecule has 2 aromatic carbocycles. The summed E-state index contributed by atoms with van der Waals surface area (Å²) in [5.41, 5.74) is 7.05. The fraction of sp³-hybridized carbons (Fsp3) is 0.348. The van der Waals surface area contributed by atoms with E-state index in [-0.39, 0.29) is 6.42 Å². The van der Waals surface area contributed by atoms with E-state index in [1.807, 2.05) is 50.2 Å². The largest absolute Gasteiger partial charge is 0.496 e. The van der Waals surface area contributed by atoms with Crippen molar-refractivity contribution in [1.29, 1.82) is 0 Å². The summed E-state index contributed by atoms with van der Waals surface area (Å²) >= 11 is 0. The van der Waals surface area contributed by atoms with E-state index in [9.17, 15) is 9.59 Å². The Bertz CT molecular complexity index is 921. The number of nitrogens with zero attached hydrogens (tertiary/aromatic N) is 2. The van der Waals surface area contributed by atoms with Crippen molar-refractivity contribution >= 4 is 29.4 Å². The van der Waals surface area contributed by atoms with Crippen LogP contribution >= 0.6 is 0 Å². The molecule has 30 heavy (non-hydrogen) atoms. The highest BCUT2D eigenvalue weighted by molar-refractivity contribution is 6.03. The van der Waals surface area contributed by atoms with Gasteiger partial charge in [0.2, 0.25) is 11.8 Å². The highest BCUT2D eigenvalue weighted by Crippen LogP contribution is 2.24. The van der Waals surface area contributed by atoms with Crippen LogP contribution in [0.2, 0.25) is 0 Å². The molecular formula is C23H30N4O3. The van der Waals surface area contributed by atoms with Crippen molar-refractivity contribution in [3.8, 4) is 5.75 Å². The first kappa shape index (κ1) is 22.9. The number of hydrogen-bond donors (Lipinski definition) is 2. The molecule has 0 radical (unpaired) electrons. The van der Waals surface area contributed by atoms with E-state index < -0.39 is 11.8 Å². The van der Waals surface area contributed by atoms with Crippen LogP contribution in [0.3, 0.4) is 0 Å². The first-order chi connectivity index (χ1) is 14.4. The Hall–Kier alpha value is -3.35. The number of rotatable bonds is 9. The molecule has 0 spiro atoms. The van der Waals surface area contributed by atoms with Crippen molar-refractivity contribution in [2.24, 2.45) is 5.10 Å². The molecule has 0 atom stereocenters. The second-order valence-electron chi connectivity index (χ2n) is 6.92.